The lowest BCUT2D eigenvalue weighted by molar-refractivity contribution is -0.146. The van der Waals surface area contributed by atoms with Crippen LogP contribution < -0.4 is 10.1 Å². The average molecular weight is 500 g/mol. The molecule has 2 N–H and O–H groups in total. The van der Waals surface area contributed by atoms with Crippen molar-refractivity contribution >= 4 is 12.1 Å². The minimum absolute atomic E-state index is 0.0639. The summed E-state index contributed by atoms with van der Waals surface area (Å²) in [7, 11) is 1.60. The van der Waals surface area contributed by atoms with E-state index in [1.54, 1.807) is 7.05 Å². The molecule has 2 aromatic heterocycles. The lowest BCUT2D eigenvalue weighted by atomic mass is 9.87. The van der Waals surface area contributed by atoms with Crippen LogP contribution in [0.4, 0.5) is 18.0 Å². The number of carbonyl (C=O) groups excluding carboxylic acids is 1. The Balaban J connectivity index is 1.56. The number of halogens is 3. The minimum Gasteiger partial charge on any atom is -0.487 e. The van der Waals surface area contributed by atoms with E-state index in [1.165, 1.54) is 24.0 Å². The molecule has 2 aromatic rings. The van der Waals surface area contributed by atoms with Crippen LogP contribution in [-0.2, 0) is 23.1 Å². The van der Waals surface area contributed by atoms with Crippen LogP contribution in [0, 0.1) is 11.8 Å². The van der Waals surface area contributed by atoms with Crippen molar-refractivity contribution in [3.63, 3.8) is 0 Å². The van der Waals surface area contributed by atoms with Gasteiger partial charge in [0.15, 0.2) is 17.3 Å². The van der Waals surface area contributed by atoms with Gasteiger partial charge in [-0.2, -0.15) is 13.2 Å². The highest BCUT2D eigenvalue weighted by Gasteiger charge is 2.30. The van der Waals surface area contributed by atoms with Crippen LogP contribution in [0.3, 0.4) is 0 Å². The summed E-state index contributed by atoms with van der Waals surface area (Å²) < 4.78 is 49.3. The van der Waals surface area contributed by atoms with Crippen molar-refractivity contribution in [1.82, 2.24) is 30.3 Å². The Morgan fingerprint density at radius 3 is 2.66 bits per heavy atom. The third-order valence-corrected chi connectivity index (χ3v) is 5.54. The summed E-state index contributed by atoms with van der Waals surface area (Å²) in [6, 6.07) is 0. The number of amides is 1. The molecule has 1 saturated carbocycles. The summed E-state index contributed by atoms with van der Waals surface area (Å²) in [4.78, 5) is 31.6. The largest absolute Gasteiger partial charge is 0.487 e. The number of hydrogen-bond donors (Lipinski definition) is 2. The molecule has 1 aliphatic rings. The first-order valence-corrected chi connectivity index (χ1v) is 11.1. The smallest absolute Gasteiger partial charge is 0.407 e. The number of nitrogens with one attached hydrogen (secondary N) is 1. The second-order valence-electron chi connectivity index (χ2n) is 8.57. The standard InChI is InChI=1S/C21H27F3N6O5/c1-12(7-21(22,23)24)11-34-20(33)27-10-16-17(28-29-30(16)2)18-25-8-15(9-26-18)35-14-5-3-4-13(6-14)19(31)32/h8-9,12-14H,3-7,10-11H2,1-2H3,(H,27,33)(H,31,32)/t12?,13-,14-/m0/s1. The lowest BCUT2D eigenvalue weighted by Gasteiger charge is -2.27. The van der Waals surface area contributed by atoms with E-state index in [9.17, 15) is 27.9 Å². The number of nitrogens with zero attached hydrogens (tertiary/aromatic N) is 5. The predicted octanol–water partition coefficient (Wildman–Crippen LogP) is 3.11. The van der Waals surface area contributed by atoms with E-state index in [-0.39, 0.29) is 25.1 Å². The van der Waals surface area contributed by atoms with Gasteiger partial charge < -0.3 is 19.9 Å². The molecule has 35 heavy (non-hydrogen) atoms. The third kappa shape index (κ3) is 7.79. The number of ether oxygens (including phenoxy) is 2. The molecule has 0 saturated heterocycles. The summed E-state index contributed by atoms with van der Waals surface area (Å²) in [6.45, 7) is 0.902. The van der Waals surface area contributed by atoms with Crippen LogP contribution in [-0.4, -0.2) is 61.0 Å². The Morgan fingerprint density at radius 1 is 1.29 bits per heavy atom. The Morgan fingerprint density at radius 2 is 2.00 bits per heavy atom. The second-order valence-corrected chi connectivity index (χ2v) is 8.57. The van der Waals surface area contributed by atoms with Crippen molar-refractivity contribution < 1.29 is 37.3 Å². The Labute approximate surface area is 199 Å². The van der Waals surface area contributed by atoms with Crippen molar-refractivity contribution in [3.05, 3.63) is 18.1 Å². The molecule has 14 heteroatoms. The number of carbonyl (C=O) groups is 2. The third-order valence-electron chi connectivity index (χ3n) is 5.54. The summed E-state index contributed by atoms with van der Waals surface area (Å²) >= 11 is 0. The molecule has 3 rings (SSSR count). The van der Waals surface area contributed by atoms with E-state index in [2.05, 4.69) is 25.6 Å². The molecule has 1 amide bonds. The zero-order valence-electron chi connectivity index (χ0n) is 19.3. The van der Waals surface area contributed by atoms with Crippen molar-refractivity contribution in [3.8, 4) is 17.3 Å². The Bertz CT molecular complexity index is 1010. The van der Waals surface area contributed by atoms with Gasteiger partial charge in [0, 0.05) is 13.5 Å². The molecule has 1 fully saturated rings. The lowest BCUT2D eigenvalue weighted by Crippen LogP contribution is -2.29. The van der Waals surface area contributed by atoms with Gasteiger partial charge in [0.2, 0.25) is 0 Å². The Hall–Kier alpha value is -3.45. The molecule has 0 radical (unpaired) electrons. The van der Waals surface area contributed by atoms with Crippen LogP contribution in [0.1, 0.15) is 44.7 Å². The number of aromatic nitrogens is 5. The highest BCUT2D eigenvalue weighted by molar-refractivity contribution is 5.70. The van der Waals surface area contributed by atoms with Gasteiger partial charge in [-0.1, -0.05) is 12.1 Å². The average Bonchev–Trinajstić information content (AvgIpc) is 3.16. The molecular weight excluding hydrogens is 473 g/mol. The molecule has 0 bridgehead atoms. The maximum absolute atomic E-state index is 12.4. The molecule has 192 valence electrons. The van der Waals surface area contributed by atoms with Gasteiger partial charge in [0.05, 0.1) is 43.3 Å². The van der Waals surface area contributed by atoms with Crippen LogP contribution in [0.2, 0.25) is 0 Å². The number of alkyl carbamates (subject to hydrolysis) is 1. The van der Waals surface area contributed by atoms with Gasteiger partial charge in [0.1, 0.15) is 0 Å². The zero-order valence-corrected chi connectivity index (χ0v) is 19.3. The number of hydrogen-bond acceptors (Lipinski definition) is 8. The predicted molar refractivity (Wildman–Crippen MR) is 114 cm³/mol. The van der Waals surface area contributed by atoms with Crippen molar-refractivity contribution in [2.24, 2.45) is 18.9 Å². The molecule has 1 unspecified atom stereocenters. The summed E-state index contributed by atoms with van der Waals surface area (Å²) in [5.41, 5.74) is 0.754. The van der Waals surface area contributed by atoms with E-state index < -0.39 is 36.5 Å². The van der Waals surface area contributed by atoms with Crippen molar-refractivity contribution in [1.29, 1.82) is 0 Å². The Kier molecular flexibility index (Phi) is 8.46. The van der Waals surface area contributed by atoms with Crippen LogP contribution in [0.5, 0.6) is 5.75 Å². The van der Waals surface area contributed by atoms with Crippen molar-refractivity contribution in [2.45, 2.75) is 57.9 Å². The molecule has 0 aliphatic heterocycles. The maximum Gasteiger partial charge on any atom is 0.407 e. The first kappa shape index (κ1) is 26.2. The van der Waals surface area contributed by atoms with Gasteiger partial charge in [-0.05, 0) is 31.6 Å². The molecule has 11 nitrogen and oxygen atoms in total. The van der Waals surface area contributed by atoms with Crippen LogP contribution >= 0.6 is 0 Å². The number of carboxylic acids is 1. The SMILES string of the molecule is CC(COC(=O)NCc1c(-c2ncc(O[C@H]3CCC[C@H](C(=O)O)C3)cn2)nnn1C)CC(F)(F)F. The van der Waals surface area contributed by atoms with Crippen molar-refractivity contribution in [2.75, 3.05) is 6.61 Å². The van der Waals surface area contributed by atoms with Gasteiger partial charge in [0.25, 0.3) is 0 Å². The van der Waals surface area contributed by atoms with Gasteiger partial charge >= 0.3 is 18.2 Å². The fourth-order valence-electron chi connectivity index (χ4n) is 3.80. The second kappa shape index (κ2) is 11.3. The highest BCUT2D eigenvalue weighted by Crippen LogP contribution is 2.28. The first-order chi connectivity index (χ1) is 16.5. The van der Waals surface area contributed by atoms with E-state index in [1.807, 2.05) is 0 Å². The molecule has 3 atom stereocenters. The number of alkyl halides is 3. The topological polar surface area (TPSA) is 141 Å². The number of carboxylic acid groups (broad SMARTS) is 1. The summed E-state index contributed by atoms with van der Waals surface area (Å²) in [6.07, 6.45) is -1.01. The fraction of sp³-hybridized carbons (Fsp3) is 0.619. The highest BCUT2D eigenvalue weighted by atomic mass is 19.4. The van der Waals surface area contributed by atoms with Crippen LogP contribution in [0.15, 0.2) is 12.4 Å². The van der Waals surface area contributed by atoms with E-state index in [4.69, 9.17) is 9.47 Å². The van der Waals surface area contributed by atoms with E-state index >= 15 is 0 Å². The zero-order chi connectivity index (χ0) is 25.6. The quantitative estimate of drug-likeness (QED) is 0.531. The molecule has 0 aromatic carbocycles. The van der Waals surface area contributed by atoms with Gasteiger partial charge in [-0.15, -0.1) is 5.10 Å². The molecular formula is C21H27F3N6O5. The molecule has 0 spiro atoms. The van der Waals surface area contributed by atoms with Gasteiger partial charge in [-0.3, -0.25) is 4.79 Å². The van der Waals surface area contributed by atoms with Crippen LogP contribution in [0.25, 0.3) is 11.5 Å². The monoisotopic (exact) mass is 500 g/mol. The molecule has 1 aliphatic carbocycles. The number of aryl methyl sites for hydroxylation is 1. The minimum atomic E-state index is -4.33. The fourth-order valence-corrected chi connectivity index (χ4v) is 3.80. The van der Waals surface area contributed by atoms with Gasteiger partial charge in [-0.25, -0.2) is 19.4 Å². The molecule has 2 heterocycles. The maximum atomic E-state index is 12.4. The first-order valence-electron chi connectivity index (χ1n) is 11.1. The summed E-state index contributed by atoms with van der Waals surface area (Å²) in [5.74, 6) is -1.50. The summed E-state index contributed by atoms with van der Waals surface area (Å²) in [5, 5.41) is 19.6. The number of rotatable bonds is 9. The normalized spacial score (nSPS) is 19.1. The number of aliphatic carboxylic acids is 1. The van der Waals surface area contributed by atoms with E-state index in [0.29, 0.717) is 30.0 Å². The van der Waals surface area contributed by atoms with E-state index in [0.717, 1.165) is 12.8 Å².